The van der Waals surface area contributed by atoms with Gasteiger partial charge in [-0.1, -0.05) is 6.07 Å². The zero-order valence-corrected chi connectivity index (χ0v) is 15.0. The summed E-state index contributed by atoms with van der Waals surface area (Å²) in [6.45, 7) is 3.28. The number of para-hydroxylation sites is 1. The molecule has 1 saturated carbocycles. The van der Waals surface area contributed by atoms with Gasteiger partial charge in [0.15, 0.2) is 0 Å². The van der Waals surface area contributed by atoms with Gasteiger partial charge in [-0.05, 0) is 44.9 Å². The first-order valence-corrected chi connectivity index (χ1v) is 9.18. The van der Waals surface area contributed by atoms with E-state index >= 15 is 0 Å². The second kappa shape index (κ2) is 8.12. The Kier molecular flexibility index (Phi) is 5.86. The predicted octanol–water partition coefficient (Wildman–Crippen LogP) is 2.48. The number of nitrogens with one attached hydrogen (secondary N) is 1. The van der Waals surface area contributed by atoms with E-state index in [-0.39, 0.29) is 23.7 Å². The third-order valence-corrected chi connectivity index (χ3v) is 5.47. The van der Waals surface area contributed by atoms with Crippen molar-refractivity contribution >= 4 is 17.5 Å². The molecular weight excluding hydrogens is 340 g/mol. The minimum absolute atomic E-state index is 0.0485. The fourth-order valence-electron chi connectivity index (χ4n) is 3.73. The molecule has 5 nitrogen and oxygen atoms in total. The number of carbonyl (C=O) groups is 2. The van der Waals surface area contributed by atoms with E-state index in [1.807, 2.05) is 11.9 Å². The molecule has 142 valence electrons. The van der Waals surface area contributed by atoms with Gasteiger partial charge in [-0.15, -0.1) is 0 Å². The van der Waals surface area contributed by atoms with Gasteiger partial charge in [0, 0.05) is 38.0 Å². The maximum Gasteiger partial charge on any atom is 0.227 e. The summed E-state index contributed by atoms with van der Waals surface area (Å²) in [7, 11) is 2.05. The minimum atomic E-state index is -0.780. The van der Waals surface area contributed by atoms with E-state index in [0.717, 1.165) is 38.3 Å². The lowest BCUT2D eigenvalue weighted by atomic mass is 9.80. The number of carbonyl (C=O) groups excluding carboxylic acids is 2. The third-order valence-electron chi connectivity index (χ3n) is 5.47. The van der Waals surface area contributed by atoms with Crippen molar-refractivity contribution in [1.82, 2.24) is 9.80 Å². The van der Waals surface area contributed by atoms with Crippen molar-refractivity contribution in [2.45, 2.75) is 25.7 Å². The van der Waals surface area contributed by atoms with Crippen molar-refractivity contribution in [2.24, 2.45) is 11.8 Å². The van der Waals surface area contributed by atoms with E-state index < -0.39 is 17.3 Å². The summed E-state index contributed by atoms with van der Waals surface area (Å²) in [5.41, 5.74) is -0.395. The SMILES string of the molecule is CN1CCN(C(=O)C2CCC(C(=O)Nc3c(F)cccc3F)CC2)CC1. The average Bonchev–Trinajstić information content (AvgIpc) is 2.65. The number of benzene rings is 1. The molecular formula is C19H25F2N3O2. The Labute approximate surface area is 152 Å². The van der Waals surface area contributed by atoms with Crippen LogP contribution in [-0.4, -0.2) is 54.8 Å². The summed E-state index contributed by atoms with van der Waals surface area (Å²) >= 11 is 0. The van der Waals surface area contributed by atoms with Gasteiger partial charge in [0.2, 0.25) is 11.8 Å². The number of rotatable bonds is 3. The maximum absolute atomic E-state index is 13.7. The van der Waals surface area contributed by atoms with Gasteiger partial charge in [-0.3, -0.25) is 9.59 Å². The minimum Gasteiger partial charge on any atom is -0.340 e. The highest BCUT2D eigenvalue weighted by atomic mass is 19.1. The van der Waals surface area contributed by atoms with Gasteiger partial charge < -0.3 is 15.1 Å². The highest BCUT2D eigenvalue weighted by Gasteiger charge is 2.33. The molecule has 0 unspecified atom stereocenters. The van der Waals surface area contributed by atoms with E-state index in [9.17, 15) is 18.4 Å². The lowest BCUT2D eigenvalue weighted by Gasteiger charge is -2.36. The van der Waals surface area contributed by atoms with Crippen molar-refractivity contribution in [2.75, 3.05) is 38.5 Å². The molecule has 1 aromatic rings. The summed E-state index contributed by atoms with van der Waals surface area (Å²) in [6.07, 6.45) is 2.41. The Bertz CT molecular complexity index is 646. The third kappa shape index (κ3) is 4.20. The standard InChI is InChI=1S/C19H25F2N3O2/c1-23-9-11-24(12-10-23)19(26)14-7-5-13(6-8-14)18(25)22-17-15(20)3-2-4-16(17)21/h2-4,13-14H,5-12H2,1H3,(H,22,25). The van der Waals surface area contributed by atoms with Crippen LogP contribution in [0.1, 0.15) is 25.7 Å². The van der Waals surface area contributed by atoms with E-state index in [1.165, 1.54) is 6.07 Å². The van der Waals surface area contributed by atoms with E-state index in [0.29, 0.717) is 25.7 Å². The molecule has 2 aliphatic rings. The lowest BCUT2D eigenvalue weighted by Crippen LogP contribution is -2.49. The van der Waals surface area contributed by atoms with Crippen molar-refractivity contribution in [3.8, 4) is 0 Å². The quantitative estimate of drug-likeness (QED) is 0.895. The van der Waals surface area contributed by atoms with Crippen LogP contribution in [-0.2, 0) is 9.59 Å². The zero-order valence-electron chi connectivity index (χ0n) is 15.0. The highest BCUT2D eigenvalue weighted by Crippen LogP contribution is 2.31. The molecule has 3 rings (SSSR count). The van der Waals surface area contributed by atoms with Crippen molar-refractivity contribution in [3.05, 3.63) is 29.8 Å². The Morgan fingerprint density at radius 1 is 0.962 bits per heavy atom. The van der Waals surface area contributed by atoms with E-state index in [4.69, 9.17) is 0 Å². The number of amides is 2. The van der Waals surface area contributed by atoms with Gasteiger partial charge in [0.1, 0.15) is 17.3 Å². The molecule has 2 fully saturated rings. The molecule has 7 heteroatoms. The Morgan fingerprint density at radius 2 is 1.50 bits per heavy atom. The number of anilines is 1. The van der Waals surface area contributed by atoms with Crippen LogP contribution in [0.5, 0.6) is 0 Å². The van der Waals surface area contributed by atoms with Gasteiger partial charge in [-0.25, -0.2) is 8.78 Å². The van der Waals surface area contributed by atoms with Crippen molar-refractivity contribution < 1.29 is 18.4 Å². The van der Waals surface area contributed by atoms with Crippen LogP contribution >= 0.6 is 0 Å². The average molecular weight is 365 g/mol. The zero-order chi connectivity index (χ0) is 18.7. The molecule has 1 aromatic carbocycles. The van der Waals surface area contributed by atoms with E-state index in [2.05, 4.69) is 10.2 Å². The number of piperazine rings is 1. The molecule has 0 bridgehead atoms. The van der Waals surface area contributed by atoms with Gasteiger partial charge in [0.25, 0.3) is 0 Å². The van der Waals surface area contributed by atoms with Crippen LogP contribution in [0.25, 0.3) is 0 Å². The lowest BCUT2D eigenvalue weighted by molar-refractivity contribution is -0.139. The first-order chi connectivity index (χ1) is 12.5. The molecule has 2 amide bonds. The Morgan fingerprint density at radius 3 is 2.08 bits per heavy atom. The summed E-state index contributed by atoms with van der Waals surface area (Å²) in [5.74, 6) is -2.12. The predicted molar refractivity (Wildman–Crippen MR) is 94.5 cm³/mol. The summed E-state index contributed by atoms with van der Waals surface area (Å²) in [5, 5.41) is 2.37. The van der Waals surface area contributed by atoms with Crippen LogP contribution in [0, 0.1) is 23.5 Å². The smallest absolute Gasteiger partial charge is 0.227 e. The Balaban J connectivity index is 1.51. The van der Waals surface area contributed by atoms with Crippen molar-refractivity contribution in [1.29, 1.82) is 0 Å². The van der Waals surface area contributed by atoms with Crippen molar-refractivity contribution in [3.63, 3.8) is 0 Å². The number of nitrogens with zero attached hydrogens (tertiary/aromatic N) is 2. The Hall–Kier alpha value is -2.02. The molecule has 0 radical (unpaired) electrons. The molecule has 1 aliphatic carbocycles. The normalized spacial score (nSPS) is 24.3. The molecule has 1 aliphatic heterocycles. The fourth-order valence-corrected chi connectivity index (χ4v) is 3.73. The van der Waals surface area contributed by atoms with Crippen LogP contribution in [0.4, 0.5) is 14.5 Å². The molecule has 26 heavy (non-hydrogen) atoms. The molecule has 1 heterocycles. The number of hydrogen-bond donors (Lipinski definition) is 1. The van der Waals surface area contributed by atoms with Gasteiger partial charge >= 0.3 is 0 Å². The van der Waals surface area contributed by atoms with Crippen LogP contribution in [0.3, 0.4) is 0 Å². The molecule has 0 atom stereocenters. The summed E-state index contributed by atoms with van der Waals surface area (Å²) in [4.78, 5) is 29.1. The number of halogens is 2. The topological polar surface area (TPSA) is 52.7 Å². The molecule has 0 aromatic heterocycles. The first kappa shape index (κ1) is 18.8. The molecule has 1 saturated heterocycles. The second-order valence-electron chi connectivity index (χ2n) is 7.26. The molecule has 0 spiro atoms. The number of hydrogen-bond acceptors (Lipinski definition) is 3. The number of likely N-dealkylation sites (N-methyl/N-ethyl adjacent to an activating group) is 1. The van der Waals surface area contributed by atoms with Crippen LogP contribution in [0.2, 0.25) is 0 Å². The fraction of sp³-hybridized carbons (Fsp3) is 0.579. The maximum atomic E-state index is 13.7. The monoisotopic (exact) mass is 365 g/mol. The summed E-state index contributed by atoms with van der Waals surface area (Å²) in [6, 6.07) is 3.49. The second-order valence-corrected chi connectivity index (χ2v) is 7.26. The van der Waals surface area contributed by atoms with Crippen LogP contribution in [0.15, 0.2) is 18.2 Å². The van der Waals surface area contributed by atoms with Crippen LogP contribution < -0.4 is 5.32 Å². The highest BCUT2D eigenvalue weighted by molar-refractivity contribution is 5.93. The molecule has 1 N–H and O–H groups in total. The summed E-state index contributed by atoms with van der Waals surface area (Å²) < 4.78 is 27.3. The first-order valence-electron chi connectivity index (χ1n) is 9.18. The van der Waals surface area contributed by atoms with Gasteiger partial charge in [-0.2, -0.15) is 0 Å². The van der Waals surface area contributed by atoms with E-state index in [1.54, 1.807) is 0 Å². The van der Waals surface area contributed by atoms with Gasteiger partial charge in [0.05, 0.1) is 0 Å². The largest absolute Gasteiger partial charge is 0.340 e.